The predicted octanol–water partition coefficient (Wildman–Crippen LogP) is 1.58. The number of likely N-dealkylation sites (N-methyl/N-ethyl adjacent to an activating group) is 1. The van der Waals surface area contributed by atoms with E-state index in [9.17, 15) is 14.7 Å². The lowest BCUT2D eigenvalue weighted by Crippen LogP contribution is -2.49. The minimum absolute atomic E-state index is 0.00348. The van der Waals surface area contributed by atoms with Gasteiger partial charge < -0.3 is 15.3 Å². The molecule has 0 bridgehead atoms. The van der Waals surface area contributed by atoms with Gasteiger partial charge in [-0.25, -0.2) is 0 Å². The monoisotopic (exact) mass is 272 g/mol. The summed E-state index contributed by atoms with van der Waals surface area (Å²) in [4.78, 5) is 25.3. The Morgan fingerprint density at radius 3 is 2.00 bits per heavy atom. The zero-order valence-corrected chi connectivity index (χ0v) is 13.2. The van der Waals surface area contributed by atoms with E-state index in [0.29, 0.717) is 6.54 Å². The summed E-state index contributed by atoms with van der Waals surface area (Å²) >= 11 is 0. The highest BCUT2D eigenvalue weighted by Gasteiger charge is 2.39. The first-order chi connectivity index (χ1) is 8.43. The minimum atomic E-state index is -1.02. The van der Waals surface area contributed by atoms with E-state index < -0.39 is 11.4 Å². The first-order valence-corrected chi connectivity index (χ1v) is 6.61. The van der Waals surface area contributed by atoms with Crippen molar-refractivity contribution in [1.29, 1.82) is 0 Å². The Morgan fingerprint density at radius 1 is 1.21 bits per heavy atom. The molecule has 0 fully saturated rings. The van der Waals surface area contributed by atoms with Gasteiger partial charge in [-0.05, 0) is 40.8 Å². The number of hydrogen-bond acceptors (Lipinski definition) is 3. The van der Waals surface area contributed by atoms with Crippen molar-refractivity contribution in [2.75, 3.05) is 20.6 Å². The van der Waals surface area contributed by atoms with Gasteiger partial charge in [-0.2, -0.15) is 0 Å². The predicted molar refractivity (Wildman–Crippen MR) is 76.0 cm³/mol. The molecule has 19 heavy (non-hydrogen) atoms. The molecule has 0 aliphatic carbocycles. The second kappa shape index (κ2) is 6.37. The summed E-state index contributed by atoms with van der Waals surface area (Å²) in [7, 11) is 3.89. The van der Waals surface area contributed by atoms with Gasteiger partial charge in [0.1, 0.15) is 0 Å². The van der Waals surface area contributed by atoms with Gasteiger partial charge in [0.15, 0.2) is 0 Å². The van der Waals surface area contributed by atoms with Crippen molar-refractivity contribution in [3.63, 3.8) is 0 Å². The average Bonchev–Trinajstić information content (AvgIpc) is 2.25. The lowest BCUT2D eigenvalue weighted by atomic mass is 9.76. The Morgan fingerprint density at radius 2 is 1.68 bits per heavy atom. The summed E-state index contributed by atoms with van der Waals surface area (Å²) in [5.41, 5.74) is -1.18. The summed E-state index contributed by atoms with van der Waals surface area (Å²) in [5, 5.41) is 12.1. The molecule has 0 saturated heterocycles. The third-order valence-electron chi connectivity index (χ3n) is 4.22. The summed E-state index contributed by atoms with van der Waals surface area (Å²) in [6.45, 7) is 9.80. The van der Waals surface area contributed by atoms with E-state index in [4.69, 9.17) is 0 Å². The number of carbonyl (C=O) groups is 2. The molecule has 112 valence electrons. The number of rotatable bonds is 7. The Kier molecular flexibility index (Phi) is 6.00. The maximum absolute atomic E-state index is 11.9. The van der Waals surface area contributed by atoms with Crippen molar-refractivity contribution in [3.05, 3.63) is 0 Å². The first-order valence-electron chi connectivity index (χ1n) is 6.61. The van der Waals surface area contributed by atoms with E-state index in [-0.39, 0.29) is 23.8 Å². The van der Waals surface area contributed by atoms with Crippen LogP contribution < -0.4 is 5.32 Å². The highest BCUT2D eigenvalue weighted by Crippen LogP contribution is 2.31. The molecule has 0 aliphatic rings. The molecule has 0 aromatic carbocycles. The molecule has 1 amide bonds. The SMILES string of the molecule is CC(C)C(C)(CC(=O)NCC(C)(C)N(C)C)C(=O)O. The number of hydrogen-bond donors (Lipinski definition) is 2. The lowest BCUT2D eigenvalue weighted by molar-refractivity contribution is -0.153. The fourth-order valence-electron chi connectivity index (χ4n) is 1.40. The fraction of sp³-hybridized carbons (Fsp3) is 0.857. The smallest absolute Gasteiger partial charge is 0.310 e. The number of carboxylic acid groups (broad SMARTS) is 1. The van der Waals surface area contributed by atoms with E-state index in [1.807, 2.05) is 46.7 Å². The maximum Gasteiger partial charge on any atom is 0.310 e. The topological polar surface area (TPSA) is 69.6 Å². The van der Waals surface area contributed by atoms with E-state index in [2.05, 4.69) is 5.32 Å². The molecule has 0 saturated carbocycles. The van der Waals surface area contributed by atoms with E-state index in [1.165, 1.54) is 0 Å². The summed E-state index contributed by atoms with van der Waals surface area (Å²) < 4.78 is 0. The molecule has 0 radical (unpaired) electrons. The Balaban J connectivity index is 4.59. The number of nitrogens with one attached hydrogen (secondary N) is 1. The zero-order valence-electron chi connectivity index (χ0n) is 13.2. The van der Waals surface area contributed by atoms with Gasteiger partial charge in [0.25, 0.3) is 0 Å². The van der Waals surface area contributed by atoms with Crippen LogP contribution in [-0.2, 0) is 9.59 Å². The van der Waals surface area contributed by atoms with Gasteiger partial charge in [0.05, 0.1) is 5.41 Å². The second-order valence-corrected chi connectivity index (χ2v) is 6.54. The minimum Gasteiger partial charge on any atom is -0.481 e. The van der Waals surface area contributed by atoms with Gasteiger partial charge in [-0.15, -0.1) is 0 Å². The number of carboxylic acids is 1. The van der Waals surface area contributed by atoms with Crippen LogP contribution in [0.4, 0.5) is 0 Å². The van der Waals surface area contributed by atoms with Crippen LogP contribution in [0.2, 0.25) is 0 Å². The number of aliphatic carboxylic acids is 1. The van der Waals surface area contributed by atoms with Gasteiger partial charge in [0.2, 0.25) is 5.91 Å². The number of amides is 1. The number of carbonyl (C=O) groups excluding carboxylic acids is 1. The van der Waals surface area contributed by atoms with Crippen molar-refractivity contribution in [2.24, 2.45) is 11.3 Å². The van der Waals surface area contributed by atoms with E-state index in [0.717, 1.165) is 0 Å². The van der Waals surface area contributed by atoms with E-state index >= 15 is 0 Å². The summed E-state index contributed by atoms with van der Waals surface area (Å²) in [6, 6.07) is 0. The summed E-state index contributed by atoms with van der Waals surface area (Å²) in [6.07, 6.45) is 0.00348. The van der Waals surface area contributed by atoms with Crippen LogP contribution in [0.3, 0.4) is 0 Å². The Labute approximate surface area is 116 Å². The van der Waals surface area contributed by atoms with Crippen molar-refractivity contribution in [2.45, 2.75) is 46.6 Å². The second-order valence-electron chi connectivity index (χ2n) is 6.54. The van der Waals surface area contributed by atoms with Crippen LogP contribution >= 0.6 is 0 Å². The highest BCUT2D eigenvalue weighted by molar-refractivity contribution is 5.84. The van der Waals surface area contributed by atoms with Gasteiger partial charge in [0, 0.05) is 18.5 Å². The van der Waals surface area contributed by atoms with Gasteiger partial charge in [-0.3, -0.25) is 9.59 Å². The highest BCUT2D eigenvalue weighted by atomic mass is 16.4. The third-order valence-corrected chi connectivity index (χ3v) is 4.22. The van der Waals surface area contributed by atoms with E-state index in [1.54, 1.807) is 6.92 Å². The molecular weight excluding hydrogens is 244 g/mol. The molecule has 0 aromatic heterocycles. The van der Waals surface area contributed by atoms with Crippen LogP contribution in [0.15, 0.2) is 0 Å². The molecule has 1 atom stereocenters. The summed E-state index contributed by atoms with van der Waals surface area (Å²) in [5.74, 6) is -1.24. The molecule has 5 nitrogen and oxygen atoms in total. The largest absolute Gasteiger partial charge is 0.481 e. The Bertz CT molecular complexity index is 338. The van der Waals surface area contributed by atoms with Crippen LogP contribution in [0.25, 0.3) is 0 Å². The Hall–Kier alpha value is -1.10. The normalized spacial score (nSPS) is 15.4. The van der Waals surface area contributed by atoms with Gasteiger partial charge in [-0.1, -0.05) is 13.8 Å². The third kappa shape index (κ3) is 4.82. The first kappa shape index (κ1) is 17.9. The molecule has 2 N–H and O–H groups in total. The van der Waals surface area contributed by atoms with Crippen LogP contribution in [-0.4, -0.2) is 48.1 Å². The molecule has 0 aromatic rings. The van der Waals surface area contributed by atoms with Gasteiger partial charge >= 0.3 is 5.97 Å². The van der Waals surface area contributed by atoms with Crippen LogP contribution in [0.1, 0.15) is 41.0 Å². The zero-order chi connectivity index (χ0) is 15.4. The lowest BCUT2D eigenvalue weighted by Gasteiger charge is -2.33. The fourth-order valence-corrected chi connectivity index (χ4v) is 1.40. The van der Waals surface area contributed by atoms with Crippen molar-refractivity contribution >= 4 is 11.9 Å². The number of nitrogens with zero attached hydrogens (tertiary/aromatic N) is 1. The molecule has 0 rings (SSSR count). The van der Waals surface area contributed by atoms with Crippen molar-refractivity contribution in [3.8, 4) is 0 Å². The van der Waals surface area contributed by atoms with Crippen molar-refractivity contribution in [1.82, 2.24) is 10.2 Å². The molecule has 1 unspecified atom stereocenters. The quantitative estimate of drug-likeness (QED) is 0.738. The average molecular weight is 272 g/mol. The van der Waals surface area contributed by atoms with Crippen LogP contribution in [0, 0.1) is 11.3 Å². The van der Waals surface area contributed by atoms with Crippen molar-refractivity contribution < 1.29 is 14.7 Å². The molecule has 0 spiro atoms. The standard InChI is InChI=1S/C14H28N2O3/c1-10(2)14(5,12(18)19)8-11(17)15-9-13(3,4)16(6)7/h10H,8-9H2,1-7H3,(H,15,17)(H,18,19). The molecule has 0 heterocycles. The maximum atomic E-state index is 11.9. The molecule has 0 aliphatic heterocycles. The van der Waals surface area contributed by atoms with Crippen LogP contribution in [0.5, 0.6) is 0 Å². The molecular formula is C14H28N2O3. The molecule has 5 heteroatoms.